The van der Waals surface area contributed by atoms with Crippen molar-refractivity contribution in [2.45, 2.75) is 11.4 Å². The van der Waals surface area contributed by atoms with Crippen LogP contribution in [0.3, 0.4) is 0 Å². The molecule has 8 nitrogen and oxygen atoms in total. The highest BCUT2D eigenvalue weighted by molar-refractivity contribution is 8.00. The number of thioether (sulfide) groups is 1. The van der Waals surface area contributed by atoms with Crippen molar-refractivity contribution < 1.29 is 28.1 Å². The van der Waals surface area contributed by atoms with Crippen LogP contribution in [0.5, 0.6) is 17.2 Å². The Labute approximate surface area is 202 Å². The molecule has 0 aliphatic heterocycles. The van der Waals surface area contributed by atoms with E-state index in [0.29, 0.717) is 52.5 Å². The molecule has 1 heterocycles. The summed E-state index contributed by atoms with van der Waals surface area (Å²) in [6.45, 7) is 1.12. The first-order valence-electron chi connectivity index (χ1n) is 10.6. The summed E-state index contributed by atoms with van der Waals surface area (Å²) in [5, 5.41) is 3.47. The number of ether oxygens (including phenoxy) is 4. The molecule has 0 aliphatic carbocycles. The first-order valence-corrected chi connectivity index (χ1v) is 11.5. The summed E-state index contributed by atoms with van der Waals surface area (Å²) < 4.78 is 34.8. The van der Waals surface area contributed by atoms with Crippen molar-refractivity contribution in [2.24, 2.45) is 0 Å². The molecular weight excluding hydrogens is 461 g/mol. The number of aromatic nitrogens is 2. The highest BCUT2D eigenvalue weighted by Crippen LogP contribution is 2.42. The Morgan fingerprint density at radius 1 is 1.03 bits per heavy atom. The van der Waals surface area contributed by atoms with Crippen LogP contribution in [0.2, 0.25) is 0 Å². The van der Waals surface area contributed by atoms with Crippen molar-refractivity contribution in [3.63, 3.8) is 0 Å². The summed E-state index contributed by atoms with van der Waals surface area (Å²) in [5.74, 6) is 1.73. The van der Waals surface area contributed by atoms with Gasteiger partial charge in [0.15, 0.2) is 11.5 Å². The largest absolute Gasteiger partial charge is 0.493 e. The minimum absolute atomic E-state index is 0.108. The van der Waals surface area contributed by atoms with Gasteiger partial charge in [0, 0.05) is 31.4 Å². The summed E-state index contributed by atoms with van der Waals surface area (Å²) in [6, 6.07) is 9.66. The van der Waals surface area contributed by atoms with E-state index in [1.54, 1.807) is 45.6 Å². The molecule has 0 atom stereocenters. The maximum absolute atomic E-state index is 13.5. The van der Waals surface area contributed by atoms with Crippen LogP contribution in [0, 0.1) is 5.82 Å². The molecule has 1 aromatic heterocycles. The van der Waals surface area contributed by atoms with E-state index in [4.69, 9.17) is 23.9 Å². The molecule has 3 rings (SSSR count). The molecule has 2 N–H and O–H groups in total. The van der Waals surface area contributed by atoms with Gasteiger partial charge in [0.1, 0.15) is 16.7 Å². The standard InChI is InChI=1S/C24H28FN3O5S/c1-30-11-5-10-26-20(29)14-34-24-21(15-6-8-17(25)9-7-15)27-23(28-24)16-12-18(31-2)22(33-4)19(13-16)32-3/h6-9,12-13H,5,10-11,14H2,1-4H3,(H,26,29)(H,27,28). The summed E-state index contributed by atoms with van der Waals surface area (Å²) in [6.07, 6.45) is 0.738. The highest BCUT2D eigenvalue weighted by Gasteiger charge is 2.19. The second-order valence-corrected chi connectivity index (χ2v) is 8.14. The third-order valence-electron chi connectivity index (χ3n) is 4.93. The number of benzene rings is 2. The van der Waals surface area contributed by atoms with Crippen LogP contribution in [0.1, 0.15) is 6.42 Å². The smallest absolute Gasteiger partial charge is 0.230 e. The molecule has 0 aliphatic rings. The van der Waals surface area contributed by atoms with E-state index in [1.807, 2.05) is 0 Å². The molecule has 182 valence electrons. The van der Waals surface area contributed by atoms with Crippen molar-refractivity contribution >= 4 is 17.7 Å². The van der Waals surface area contributed by atoms with Gasteiger partial charge < -0.3 is 29.2 Å². The Morgan fingerprint density at radius 2 is 1.71 bits per heavy atom. The van der Waals surface area contributed by atoms with Crippen molar-refractivity contribution in [3.05, 3.63) is 42.2 Å². The second-order valence-electron chi connectivity index (χ2n) is 7.17. The number of methoxy groups -OCH3 is 4. The summed E-state index contributed by atoms with van der Waals surface area (Å²) in [4.78, 5) is 20.3. The van der Waals surface area contributed by atoms with E-state index in [0.717, 1.165) is 12.0 Å². The fourth-order valence-corrected chi connectivity index (χ4v) is 4.10. The molecule has 0 saturated heterocycles. The Morgan fingerprint density at radius 3 is 2.29 bits per heavy atom. The third kappa shape index (κ3) is 6.21. The SMILES string of the molecule is COCCCNC(=O)CSc1nc(-c2cc(OC)c(OC)c(OC)c2)[nH]c1-c1ccc(F)cc1. The first-order chi connectivity index (χ1) is 16.5. The molecule has 0 radical (unpaired) electrons. The number of hydrogen-bond donors (Lipinski definition) is 2. The molecule has 0 spiro atoms. The Bertz CT molecular complexity index is 1080. The summed E-state index contributed by atoms with van der Waals surface area (Å²) in [5.41, 5.74) is 2.13. The van der Waals surface area contributed by atoms with Gasteiger partial charge in [0.05, 0.1) is 32.8 Å². The number of amides is 1. The van der Waals surface area contributed by atoms with Gasteiger partial charge in [0.25, 0.3) is 0 Å². The van der Waals surface area contributed by atoms with Gasteiger partial charge in [-0.15, -0.1) is 0 Å². The average molecular weight is 490 g/mol. The van der Waals surface area contributed by atoms with Crippen molar-refractivity contribution in [1.82, 2.24) is 15.3 Å². The van der Waals surface area contributed by atoms with Gasteiger partial charge in [0.2, 0.25) is 11.7 Å². The van der Waals surface area contributed by atoms with Crippen LogP contribution < -0.4 is 19.5 Å². The number of aromatic amines is 1. The fraction of sp³-hybridized carbons (Fsp3) is 0.333. The van der Waals surface area contributed by atoms with Crippen LogP contribution in [-0.2, 0) is 9.53 Å². The minimum atomic E-state index is -0.335. The quantitative estimate of drug-likeness (QED) is 0.291. The molecule has 0 bridgehead atoms. The first kappa shape index (κ1) is 25.4. The van der Waals surface area contributed by atoms with E-state index in [-0.39, 0.29) is 17.5 Å². The van der Waals surface area contributed by atoms with Crippen LogP contribution >= 0.6 is 11.8 Å². The number of halogens is 1. The van der Waals surface area contributed by atoms with Crippen LogP contribution in [0.15, 0.2) is 41.4 Å². The maximum atomic E-state index is 13.5. The molecule has 0 fully saturated rings. The number of rotatable bonds is 12. The van der Waals surface area contributed by atoms with Gasteiger partial charge in [-0.25, -0.2) is 9.37 Å². The van der Waals surface area contributed by atoms with Crippen LogP contribution in [0.4, 0.5) is 4.39 Å². The number of H-pyrrole nitrogens is 1. The number of hydrogen-bond acceptors (Lipinski definition) is 7. The number of carbonyl (C=O) groups is 1. The zero-order valence-corrected chi connectivity index (χ0v) is 20.4. The zero-order chi connectivity index (χ0) is 24.5. The monoisotopic (exact) mass is 489 g/mol. The van der Waals surface area contributed by atoms with Gasteiger partial charge in [-0.2, -0.15) is 0 Å². The normalized spacial score (nSPS) is 10.7. The molecule has 3 aromatic rings. The molecule has 0 unspecified atom stereocenters. The average Bonchev–Trinajstić information content (AvgIpc) is 3.29. The van der Waals surface area contributed by atoms with Crippen molar-refractivity contribution in [2.75, 3.05) is 47.3 Å². The minimum Gasteiger partial charge on any atom is -0.493 e. The predicted molar refractivity (Wildman–Crippen MR) is 129 cm³/mol. The lowest BCUT2D eigenvalue weighted by Crippen LogP contribution is -2.26. The molecule has 0 saturated carbocycles. The summed E-state index contributed by atoms with van der Waals surface area (Å²) in [7, 11) is 6.24. The zero-order valence-electron chi connectivity index (χ0n) is 19.6. The Kier molecular flexibility index (Phi) is 9.17. The van der Waals surface area contributed by atoms with Gasteiger partial charge in [-0.3, -0.25) is 4.79 Å². The molecule has 1 amide bonds. The predicted octanol–water partition coefficient (Wildman–Crippen LogP) is 4.15. The Balaban J connectivity index is 1.92. The van der Waals surface area contributed by atoms with E-state index >= 15 is 0 Å². The molecule has 10 heteroatoms. The van der Waals surface area contributed by atoms with E-state index in [2.05, 4.69) is 10.3 Å². The third-order valence-corrected chi connectivity index (χ3v) is 5.90. The number of carbonyl (C=O) groups excluding carboxylic acids is 1. The molecule has 2 aromatic carbocycles. The topological polar surface area (TPSA) is 94.7 Å². The lowest BCUT2D eigenvalue weighted by Gasteiger charge is -2.13. The Hall–Kier alpha value is -3.24. The molecular formula is C24H28FN3O5S. The molecule has 34 heavy (non-hydrogen) atoms. The maximum Gasteiger partial charge on any atom is 0.230 e. The van der Waals surface area contributed by atoms with Crippen LogP contribution in [0.25, 0.3) is 22.6 Å². The van der Waals surface area contributed by atoms with Crippen molar-refractivity contribution in [1.29, 1.82) is 0 Å². The second kappa shape index (κ2) is 12.3. The lowest BCUT2D eigenvalue weighted by atomic mass is 10.1. The van der Waals surface area contributed by atoms with Crippen LogP contribution in [-0.4, -0.2) is 63.2 Å². The summed E-state index contributed by atoms with van der Waals surface area (Å²) >= 11 is 1.29. The highest BCUT2D eigenvalue weighted by atomic mass is 32.2. The van der Waals surface area contributed by atoms with E-state index in [9.17, 15) is 9.18 Å². The van der Waals surface area contributed by atoms with Gasteiger partial charge >= 0.3 is 0 Å². The number of nitrogens with one attached hydrogen (secondary N) is 2. The van der Waals surface area contributed by atoms with Gasteiger partial charge in [-0.05, 0) is 42.8 Å². The fourth-order valence-electron chi connectivity index (χ4n) is 3.26. The number of nitrogens with zero attached hydrogens (tertiary/aromatic N) is 1. The lowest BCUT2D eigenvalue weighted by molar-refractivity contribution is -0.118. The number of imidazole rings is 1. The van der Waals surface area contributed by atoms with E-state index < -0.39 is 0 Å². The van der Waals surface area contributed by atoms with E-state index in [1.165, 1.54) is 31.0 Å². The van der Waals surface area contributed by atoms with Crippen molar-refractivity contribution in [3.8, 4) is 39.9 Å². The van der Waals surface area contributed by atoms with Gasteiger partial charge in [-0.1, -0.05) is 11.8 Å².